The van der Waals surface area contributed by atoms with E-state index in [0.717, 1.165) is 12.0 Å². The molecule has 0 aliphatic rings. The number of rotatable bonds is 5. The van der Waals surface area contributed by atoms with Crippen molar-refractivity contribution in [2.45, 2.75) is 32.4 Å². The Morgan fingerprint density at radius 3 is 2.41 bits per heavy atom. The van der Waals surface area contributed by atoms with E-state index in [9.17, 15) is 0 Å². The second-order valence-corrected chi connectivity index (χ2v) is 5.10. The highest BCUT2D eigenvalue weighted by atomic mass is 35.5. The maximum atomic E-state index is 9.15. The first-order valence-corrected chi connectivity index (χ1v) is 6.64. The fourth-order valence-corrected chi connectivity index (χ4v) is 2.32. The Bertz CT molecular complexity index is 380. The third-order valence-corrected chi connectivity index (χ3v) is 4.04. The molecule has 2 unspecified atom stereocenters. The fraction of sp³-hybridized carbons (Fsp3) is 0.500. The molecule has 2 nitrogen and oxygen atoms in total. The summed E-state index contributed by atoms with van der Waals surface area (Å²) in [6, 6.07) is 3.63. The lowest BCUT2D eigenvalue weighted by Crippen LogP contribution is -2.34. The average Bonchev–Trinajstić information content (AvgIpc) is 2.32. The summed E-state index contributed by atoms with van der Waals surface area (Å²) in [7, 11) is 0. The first-order valence-electron chi connectivity index (χ1n) is 5.51. The molecule has 17 heavy (non-hydrogen) atoms. The van der Waals surface area contributed by atoms with Gasteiger partial charge in [-0.1, -0.05) is 47.8 Å². The second kappa shape index (κ2) is 6.81. The Morgan fingerprint density at radius 2 is 1.88 bits per heavy atom. The van der Waals surface area contributed by atoms with E-state index in [-0.39, 0.29) is 18.7 Å². The molecule has 0 spiro atoms. The van der Waals surface area contributed by atoms with Gasteiger partial charge in [-0.15, -0.1) is 0 Å². The maximum Gasteiger partial charge on any atom is 0.0781 e. The van der Waals surface area contributed by atoms with Gasteiger partial charge in [-0.2, -0.15) is 0 Å². The first kappa shape index (κ1) is 15.1. The van der Waals surface area contributed by atoms with Crippen LogP contribution in [0.2, 0.25) is 15.1 Å². The van der Waals surface area contributed by atoms with Crippen molar-refractivity contribution in [1.82, 2.24) is 5.32 Å². The average molecular weight is 297 g/mol. The van der Waals surface area contributed by atoms with E-state index in [1.807, 2.05) is 19.9 Å². The van der Waals surface area contributed by atoms with Crippen LogP contribution in [0.4, 0.5) is 0 Å². The molecule has 0 radical (unpaired) electrons. The topological polar surface area (TPSA) is 32.3 Å². The lowest BCUT2D eigenvalue weighted by atomic mass is 10.1. The van der Waals surface area contributed by atoms with Crippen LogP contribution in [-0.4, -0.2) is 17.8 Å². The van der Waals surface area contributed by atoms with E-state index >= 15 is 0 Å². The molecule has 0 bridgehead atoms. The number of benzene rings is 1. The van der Waals surface area contributed by atoms with Crippen molar-refractivity contribution >= 4 is 34.8 Å². The molecule has 0 fully saturated rings. The summed E-state index contributed by atoms with van der Waals surface area (Å²) in [5.74, 6) is 0. The number of nitrogens with one attached hydrogen (secondary N) is 1. The number of aliphatic hydroxyl groups excluding tert-OH is 1. The zero-order valence-electron chi connectivity index (χ0n) is 9.80. The second-order valence-electron chi connectivity index (χ2n) is 3.94. The van der Waals surface area contributed by atoms with Gasteiger partial charge in [-0.05, 0) is 25.0 Å². The van der Waals surface area contributed by atoms with Crippen molar-refractivity contribution in [2.24, 2.45) is 0 Å². The van der Waals surface area contributed by atoms with E-state index in [4.69, 9.17) is 39.9 Å². The molecule has 0 saturated heterocycles. The van der Waals surface area contributed by atoms with Gasteiger partial charge in [-0.25, -0.2) is 0 Å². The molecule has 2 N–H and O–H groups in total. The monoisotopic (exact) mass is 295 g/mol. The molecular formula is C12H16Cl3NO. The van der Waals surface area contributed by atoms with Crippen molar-refractivity contribution in [3.8, 4) is 0 Å². The Balaban J connectivity index is 2.89. The Morgan fingerprint density at radius 1 is 1.24 bits per heavy atom. The van der Waals surface area contributed by atoms with Gasteiger partial charge >= 0.3 is 0 Å². The molecule has 0 aliphatic carbocycles. The molecule has 0 heterocycles. The summed E-state index contributed by atoms with van der Waals surface area (Å²) in [5.41, 5.74) is 0.882. The molecular weight excluding hydrogens is 280 g/mol. The van der Waals surface area contributed by atoms with Crippen molar-refractivity contribution in [3.63, 3.8) is 0 Å². The number of halogens is 3. The highest BCUT2D eigenvalue weighted by Crippen LogP contribution is 2.35. The lowest BCUT2D eigenvalue weighted by Gasteiger charge is -2.22. The molecule has 1 rings (SSSR count). The van der Waals surface area contributed by atoms with E-state index in [1.54, 1.807) is 6.07 Å². The highest BCUT2D eigenvalue weighted by molar-refractivity contribution is 6.48. The highest BCUT2D eigenvalue weighted by Gasteiger charge is 2.16. The maximum absolute atomic E-state index is 9.15. The van der Waals surface area contributed by atoms with E-state index < -0.39 is 0 Å². The Labute approximate surface area is 117 Å². The van der Waals surface area contributed by atoms with Crippen LogP contribution in [0.1, 0.15) is 31.9 Å². The number of hydrogen-bond acceptors (Lipinski definition) is 2. The standard InChI is InChI=1S/C12H16Cl3NO/c1-3-8(6-17)16-7(2)9-4-5-10(13)12(15)11(9)14/h4-5,7-8,16-17H,3,6H2,1-2H3. The molecule has 0 saturated carbocycles. The van der Waals surface area contributed by atoms with Crippen LogP contribution >= 0.6 is 34.8 Å². The van der Waals surface area contributed by atoms with Crippen LogP contribution < -0.4 is 5.32 Å². The van der Waals surface area contributed by atoms with Crippen molar-refractivity contribution in [2.75, 3.05) is 6.61 Å². The quantitative estimate of drug-likeness (QED) is 0.803. The molecule has 1 aromatic rings. The molecule has 0 aliphatic heterocycles. The third-order valence-electron chi connectivity index (χ3n) is 2.73. The van der Waals surface area contributed by atoms with Gasteiger partial charge in [0.15, 0.2) is 0 Å². The summed E-state index contributed by atoms with van der Waals surface area (Å²) >= 11 is 18.0. The van der Waals surface area contributed by atoms with Crippen LogP contribution in [0.15, 0.2) is 12.1 Å². The van der Waals surface area contributed by atoms with Crippen LogP contribution in [0.3, 0.4) is 0 Å². The zero-order chi connectivity index (χ0) is 13.0. The van der Waals surface area contributed by atoms with Gasteiger partial charge in [0.05, 0.1) is 21.7 Å². The predicted octanol–water partition coefficient (Wildman–Crippen LogP) is 4.07. The van der Waals surface area contributed by atoms with Crippen molar-refractivity contribution in [3.05, 3.63) is 32.8 Å². The largest absolute Gasteiger partial charge is 0.395 e. The molecule has 2 atom stereocenters. The summed E-state index contributed by atoms with van der Waals surface area (Å²) in [6.45, 7) is 4.08. The van der Waals surface area contributed by atoms with Gasteiger partial charge in [0.2, 0.25) is 0 Å². The van der Waals surface area contributed by atoms with Crippen LogP contribution in [0.5, 0.6) is 0 Å². The molecule has 96 valence electrons. The lowest BCUT2D eigenvalue weighted by molar-refractivity contribution is 0.230. The molecule has 0 aromatic heterocycles. The minimum Gasteiger partial charge on any atom is -0.395 e. The molecule has 5 heteroatoms. The SMILES string of the molecule is CCC(CO)NC(C)c1ccc(Cl)c(Cl)c1Cl. The first-order chi connectivity index (χ1) is 8.01. The fourth-order valence-electron chi connectivity index (χ4n) is 1.62. The van der Waals surface area contributed by atoms with Crippen LogP contribution in [0.25, 0.3) is 0 Å². The molecule has 1 aromatic carbocycles. The van der Waals surface area contributed by atoms with Gasteiger partial charge in [0.25, 0.3) is 0 Å². The van der Waals surface area contributed by atoms with Gasteiger partial charge in [-0.3, -0.25) is 0 Å². The summed E-state index contributed by atoms with van der Waals surface area (Å²) in [5, 5.41) is 13.7. The van der Waals surface area contributed by atoms with E-state index in [1.165, 1.54) is 0 Å². The van der Waals surface area contributed by atoms with Crippen molar-refractivity contribution < 1.29 is 5.11 Å². The van der Waals surface area contributed by atoms with E-state index in [2.05, 4.69) is 5.32 Å². The minimum absolute atomic E-state index is 0.00867. The minimum atomic E-state index is 0.00867. The zero-order valence-corrected chi connectivity index (χ0v) is 12.1. The Kier molecular flexibility index (Phi) is 6.04. The van der Waals surface area contributed by atoms with Crippen LogP contribution in [0, 0.1) is 0 Å². The van der Waals surface area contributed by atoms with Gasteiger partial charge in [0.1, 0.15) is 0 Å². The van der Waals surface area contributed by atoms with Gasteiger partial charge in [0, 0.05) is 12.1 Å². The summed E-state index contributed by atoms with van der Waals surface area (Å²) in [6.07, 6.45) is 0.847. The molecule has 0 amide bonds. The summed E-state index contributed by atoms with van der Waals surface area (Å²) in [4.78, 5) is 0. The number of hydrogen-bond donors (Lipinski definition) is 2. The normalized spacial score (nSPS) is 14.7. The van der Waals surface area contributed by atoms with Crippen molar-refractivity contribution in [1.29, 1.82) is 0 Å². The number of aliphatic hydroxyl groups is 1. The summed E-state index contributed by atoms with van der Waals surface area (Å²) < 4.78 is 0. The predicted molar refractivity (Wildman–Crippen MR) is 74.2 cm³/mol. The van der Waals surface area contributed by atoms with Crippen LogP contribution in [-0.2, 0) is 0 Å². The Hall–Kier alpha value is 0.01000. The van der Waals surface area contributed by atoms with Gasteiger partial charge < -0.3 is 10.4 Å². The van der Waals surface area contributed by atoms with E-state index in [0.29, 0.717) is 15.1 Å². The smallest absolute Gasteiger partial charge is 0.0781 e. The third kappa shape index (κ3) is 3.73.